The maximum Gasteiger partial charge on any atom is 0.164 e. The van der Waals surface area contributed by atoms with E-state index in [-0.39, 0.29) is 0 Å². The smallest absolute Gasteiger partial charge is 0.164 e. The first kappa shape index (κ1) is 12.0. The summed E-state index contributed by atoms with van der Waals surface area (Å²) in [5, 5.41) is 0. The number of hydrogen-bond acceptors (Lipinski definition) is 1. The Hall–Kier alpha value is -1.05. The van der Waals surface area contributed by atoms with Crippen molar-refractivity contribution < 1.29 is 4.79 Å². The molecule has 2 aliphatic rings. The van der Waals surface area contributed by atoms with E-state index in [1.807, 2.05) is 0 Å². The second kappa shape index (κ2) is 4.56. The van der Waals surface area contributed by atoms with Crippen molar-refractivity contribution in [3.05, 3.63) is 23.0 Å². The lowest BCUT2D eigenvalue weighted by Crippen LogP contribution is -2.18. The fourth-order valence-electron chi connectivity index (χ4n) is 3.45. The van der Waals surface area contributed by atoms with Gasteiger partial charge in [-0.1, -0.05) is 19.8 Å². The predicted octanol–water partition coefficient (Wildman–Crippen LogP) is 4.07. The van der Waals surface area contributed by atoms with Gasteiger partial charge in [0.1, 0.15) is 0 Å². The van der Waals surface area contributed by atoms with E-state index in [1.165, 1.54) is 37.1 Å². The van der Waals surface area contributed by atoms with Crippen molar-refractivity contribution in [1.29, 1.82) is 0 Å². The highest BCUT2D eigenvalue weighted by Crippen LogP contribution is 2.40. The molecule has 0 N–H and O–H groups in total. The van der Waals surface area contributed by atoms with Gasteiger partial charge in [0, 0.05) is 29.4 Å². The molecular formula is C16H23NO. The van der Waals surface area contributed by atoms with Crippen LogP contribution in [-0.4, -0.2) is 10.4 Å². The SMILES string of the molecule is CCC(CC1CC1)n1c(C)cc2c1CCCC2=O. The summed E-state index contributed by atoms with van der Waals surface area (Å²) in [5.74, 6) is 1.31. The van der Waals surface area contributed by atoms with Gasteiger partial charge in [-0.2, -0.15) is 0 Å². The first-order valence-electron chi connectivity index (χ1n) is 7.44. The minimum Gasteiger partial charge on any atom is -0.345 e. The molecule has 0 aromatic carbocycles. The number of carbonyl (C=O) groups excluding carboxylic acids is 1. The maximum absolute atomic E-state index is 12.0. The third-order valence-electron chi connectivity index (χ3n) is 4.59. The van der Waals surface area contributed by atoms with E-state index in [9.17, 15) is 4.79 Å². The lowest BCUT2D eigenvalue weighted by Gasteiger charge is -2.24. The number of carbonyl (C=O) groups is 1. The van der Waals surface area contributed by atoms with Crippen LogP contribution in [0.5, 0.6) is 0 Å². The number of hydrogen-bond donors (Lipinski definition) is 0. The molecule has 1 heterocycles. The van der Waals surface area contributed by atoms with E-state index in [0.717, 1.165) is 30.7 Å². The Morgan fingerprint density at radius 3 is 2.83 bits per heavy atom. The van der Waals surface area contributed by atoms with Crippen molar-refractivity contribution in [2.75, 3.05) is 0 Å². The van der Waals surface area contributed by atoms with Gasteiger partial charge in [-0.05, 0) is 44.6 Å². The van der Waals surface area contributed by atoms with Crippen LogP contribution in [0.3, 0.4) is 0 Å². The Kier molecular flexibility index (Phi) is 3.04. The number of nitrogens with zero attached hydrogens (tertiary/aromatic N) is 1. The molecule has 1 unspecified atom stereocenters. The van der Waals surface area contributed by atoms with Crippen molar-refractivity contribution in [2.45, 2.75) is 64.8 Å². The number of fused-ring (bicyclic) bond motifs is 1. The van der Waals surface area contributed by atoms with Crippen molar-refractivity contribution in [3.8, 4) is 0 Å². The Morgan fingerprint density at radius 1 is 1.39 bits per heavy atom. The average molecular weight is 245 g/mol. The van der Waals surface area contributed by atoms with Crippen LogP contribution in [0.2, 0.25) is 0 Å². The summed E-state index contributed by atoms with van der Waals surface area (Å²) in [5.41, 5.74) is 3.65. The molecule has 0 spiro atoms. The molecule has 2 nitrogen and oxygen atoms in total. The summed E-state index contributed by atoms with van der Waals surface area (Å²) in [7, 11) is 0. The third-order valence-corrected chi connectivity index (χ3v) is 4.59. The Labute approximate surface area is 109 Å². The van der Waals surface area contributed by atoms with Gasteiger partial charge in [0.15, 0.2) is 5.78 Å². The summed E-state index contributed by atoms with van der Waals surface area (Å²) in [4.78, 5) is 12.0. The molecule has 1 aromatic rings. The van der Waals surface area contributed by atoms with Crippen LogP contribution in [-0.2, 0) is 6.42 Å². The van der Waals surface area contributed by atoms with Gasteiger partial charge in [-0.3, -0.25) is 4.79 Å². The van der Waals surface area contributed by atoms with Crippen molar-refractivity contribution in [2.24, 2.45) is 5.92 Å². The molecule has 0 radical (unpaired) electrons. The molecule has 18 heavy (non-hydrogen) atoms. The minimum atomic E-state index is 0.361. The lowest BCUT2D eigenvalue weighted by molar-refractivity contribution is 0.0971. The molecule has 0 saturated heterocycles. The van der Waals surface area contributed by atoms with Crippen LogP contribution < -0.4 is 0 Å². The third kappa shape index (κ3) is 2.02. The van der Waals surface area contributed by atoms with E-state index < -0.39 is 0 Å². The summed E-state index contributed by atoms with van der Waals surface area (Å²) >= 11 is 0. The number of Topliss-reactive ketones (excluding diaryl/α,β-unsaturated/α-hetero) is 1. The normalized spacial score (nSPS) is 20.9. The topological polar surface area (TPSA) is 22.0 Å². The van der Waals surface area contributed by atoms with Crippen LogP contribution >= 0.6 is 0 Å². The van der Waals surface area contributed by atoms with Crippen molar-refractivity contribution in [3.63, 3.8) is 0 Å². The molecule has 2 aliphatic carbocycles. The Morgan fingerprint density at radius 2 is 2.17 bits per heavy atom. The van der Waals surface area contributed by atoms with Crippen molar-refractivity contribution in [1.82, 2.24) is 4.57 Å². The van der Waals surface area contributed by atoms with E-state index in [2.05, 4.69) is 24.5 Å². The number of rotatable bonds is 4. The molecule has 2 heteroatoms. The van der Waals surface area contributed by atoms with Crippen molar-refractivity contribution >= 4 is 5.78 Å². The zero-order chi connectivity index (χ0) is 12.7. The number of aryl methyl sites for hydroxylation is 1. The Balaban J connectivity index is 1.96. The molecule has 3 rings (SSSR count). The molecule has 1 fully saturated rings. The molecule has 1 saturated carbocycles. The van der Waals surface area contributed by atoms with Gasteiger partial charge in [0.25, 0.3) is 0 Å². The molecule has 1 atom stereocenters. The lowest BCUT2D eigenvalue weighted by atomic mass is 9.96. The van der Waals surface area contributed by atoms with E-state index in [1.54, 1.807) is 0 Å². The van der Waals surface area contributed by atoms with Crippen LogP contribution in [0, 0.1) is 12.8 Å². The average Bonchev–Trinajstić information content (AvgIpc) is 3.10. The predicted molar refractivity (Wildman–Crippen MR) is 73.1 cm³/mol. The van der Waals surface area contributed by atoms with Gasteiger partial charge >= 0.3 is 0 Å². The van der Waals surface area contributed by atoms with E-state index >= 15 is 0 Å². The van der Waals surface area contributed by atoms with Gasteiger partial charge in [-0.15, -0.1) is 0 Å². The highest BCUT2D eigenvalue weighted by molar-refractivity contribution is 5.98. The standard InChI is InChI=1S/C16H23NO/c1-3-13(10-12-7-8-12)17-11(2)9-14-15(17)5-4-6-16(14)18/h9,12-13H,3-8,10H2,1-2H3. The van der Waals surface area contributed by atoms with Gasteiger partial charge in [0.05, 0.1) is 0 Å². The maximum atomic E-state index is 12.0. The van der Waals surface area contributed by atoms with Gasteiger partial charge in [-0.25, -0.2) is 0 Å². The van der Waals surface area contributed by atoms with Gasteiger partial charge < -0.3 is 4.57 Å². The summed E-state index contributed by atoms with van der Waals surface area (Å²) < 4.78 is 2.49. The highest BCUT2D eigenvalue weighted by Gasteiger charge is 2.29. The Bertz CT molecular complexity index is 468. The molecule has 1 aromatic heterocycles. The number of ketones is 1. The molecule has 98 valence electrons. The van der Waals surface area contributed by atoms with Crippen LogP contribution in [0.15, 0.2) is 6.07 Å². The second-order valence-electron chi connectivity index (χ2n) is 6.03. The summed E-state index contributed by atoms with van der Waals surface area (Å²) in [6.45, 7) is 4.45. The second-order valence-corrected chi connectivity index (χ2v) is 6.03. The number of aromatic nitrogens is 1. The minimum absolute atomic E-state index is 0.361. The van der Waals surface area contributed by atoms with Gasteiger partial charge in [0.2, 0.25) is 0 Å². The van der Waals surface area contributed by atoms with E-state index in [0.29, 0.717) is 11.8 Å². The zero-order valence-electron chi connectivity index (χ0n) is 11.5. The molecule has 0 aliphatic heterocycles. The zero-order valence-corrected chi connectivity index (χ0v) is 11.5. The summed E-state index contributed by atoms with van der Waals surface area (Å²) in [6, 6.07) is 2.75. The van der Waals surface area contributed by atoms with E-state index in [4.69, 9.17) is 0 Å². The quantitative estimate of drug-likeness (QED) is 0.784. The largest absolute Gasteiger partial charge is 0.345 e. The van der Waals surface area contributed by atoms with Crippen LogP contribution in [0.25, 0.3) is 0 Å². The highest BCUT2D eigenvalue weighted by atomic mass is 16.1. The fourth-order valence-corrected chi connectivity index (χ4v) is 3.45. The first-order valence-corrected chi connectivity index (χ1v) is 7.44. The fraction of sp³-hybridized carbons (Fsp3) is 0.688. The molecule has 0 amide bonds. The summed E-state index contributed by atoms with van der Waals surface area (Å²) in [6.07, 6.45) is 8.20. The molecular weight excluding hydrogens is 222 g/mol. The first-order chi connectivity index (χ1) is 8.70. The monoisotopic (exact) mass is 245 g/mol. The van der Waals surface area contributed by atoms with Crippen LogP contribution in [0.4, 0.5) is 0 Å². The van der Waals surface area contributed by atoms with Crippen LogP contribution in [0.1, 0.15) is 73.2 Å². The molecule has 0 bridgehead atoms.